The number of hydrogen-bond acceptors (Lipinski definition) is 5. The fourth-order valence-electron chi connectivity index (χ4n) is 4.12. The first-order valence-corrected chi connectivity index (χ1v) is 11.7. The zero-order chi connectivity index (χ0) is 23.8. The maximum Gasteiger partial charge on any atom is 0.511 e. The lowest BCUT2D eigenvalue weighted by Crippen LogP contribution is -2.35. The molecule has 0 amide bonds. The Hall–Kier alpha value is -3.59. The summed E-state index contributed by atoms with van der Waals surface area (Å²) >= 11 is 0. The van der Waals surface area contributed by atoms with Crippen molar-refractivity contribution in [1.82, 2.24) is 0 Å². The second-order valence-electron chi connectivity index (χ2n) is 8.58. The minimum Gasteiger partial charge on any atom is -0.449 e. The number of anilines is 2. The molecule has 9 heteroatoms. The molecule has 0 radical (unpaired) electrons. The van der Waals surface area contributed by atoms with Crippen LogP contribution < -0.4 is 14.8 Å². The molecule has 7 nitrogen and oxygen atoms in total. The Bertz CT molecular complexity index is 1310. The molecule has 1 atom stereocenters. The lowest BCUT2D eigenvalue weighted by molar-refractivity contribution is 0.144. The molecule has 1 aliphatic heterocycles. The highest BCUT2D eigenvalue weighted by Crippen LogP contribution is 2.47. The van der Waals surface area contributed by atoms with E-state index in [0.717, 1.165) is 28.9 Å². The molecule has 3 aromatic rings. The third-order valence-corrected chi connectivity index (χ3v) is 7.03. The summed E-state index contributed by atoms with van der Waals surface area (Å²) in [5, 5.41) is 12.3. The van der Waals surface area contributed by atoms with Crippen molar-refractivity contribution in [2.45, 2.75) is 31.2 Å². The molecule has 0 bridgehead atoms. The SMILES string of the molecule is CC1(C)Cc2cc(OC(=O)O)ccc2NC1c1ccccc1NS(=O)(=O)c1ccc(F)cc1. The van der Waals surface area contributed by atoms with E-state index >= 15 is 0 Å². The summed E-state index contributed by atoms with van der Waals surface area (Å²) < 4.78 is 46.5. The van der Waals surface area contributed by atoms with E-state index in [1.54, 1.807) is 30.3 Å². The maximum atomic E-state index is 13.2. The van der Waals surface area contributed by atoms with Gasteiger partial charge >= 0.3 is 6.16 Å². The fraction of sp³-hybridized carbons (Fsp3) is 0.208. The molecule has 4 rings (SSSR count). The van der Waals surface area contributed by atoms with Gasteiger partial charge in [0.1, 0.15) is 11.6 Å². The predicted molar refractivity (Wildman–Crippen MR) is 123 cm³/mol. The standard InChI is InChI=1S/C24H23FN2O5S/c1-24(2)14-15-13-17(32-23(28)29)9-12-20(15)26-22(24)19-5-3-4-6-21(19)27-33(30,31)18-10-7-16(25)8-11-18/h3-13,22,26-27H,14H2,1-2H3,(H,28,29). The van der Waals surface area contributed by atoms with Crippen LogP contribution in [0, 0.1) is 11.2 Å². The third-order valence-electron chi connectivity index (χ3n) is 5.65. The number of halogens is 1. The quantitative estimate of drug-likeness (QED) is 0.340. The number of nitrogens with one attached hydrogen (secondary N) is 2. The Morgan fingerprint density at radius 2 is 1.82 bits per heavy atom. The summed E-state index contributed by atoms with van der Waals surface area (Å²) in [6.07, 6.45) is -0.770. The highest BCUT2D eigenvalue weighted by molar-refractivity contribution is 7.92. The van der Waals surface area contributed by atoms with E-state index < -0.39 is 22.0 Å². The van der Waals surface area contributed by atoms with Gasteiger partial charge in [-0.3, -0.25) is 4.72 Å². The second kappa shape index (κ2) is 8.40. The van der Waals surface area contributed by atoms with Crippen LogP contribution in [0.3, 0.4) is 0 Å². The Morgan fingerprint density at radius 1 is 1.12 bits per heavy atom. The molecule has 1 unspecified atom stereocenters. The summed E-state index contributed by atoms with van der Waals surface area (Å²) in [6.45, 7) is 4.09. The van der Waals surface area contributed by atoms with Crippen molar-refractivity contribution in [2.24, 2.45) is 5.41 Å². The minimum absolute atomic E-state index is 0.0362. The van der Waals surface area contributed by atoms with Gasteiger partial charge in [-0.15, -0.1) is 0 Å². The zero-order valence-electron chi connectivity index (χ0n) is 18.0. The maximum absolute atomic E-state index is 13.2. The van der Waals surface area contributed by atoms with Gasteiger partial charge in [0, 0.05) is 5.69 Å². The van der Waals surface area contributed by atoms with E-state index in [1.165, 1.54) is 12.1 Å². The molecular weight excluding hydrogens is 447 g/mol. The Labute approximate surface area is 191 Å². The van der Waals surface area contributed by atoms with Gasteiger partial charge in [0.15, 0.2) is 0 Å². The Kier molecular flexibility index (Phi) is 5.75. The van der Waals surface area contributed by atoms with E-state index in [9.17, 15) is 17.6 Å². The highest BCUT2D eigenvalue weighted by atomic mass is 32.2. The lowest BCUT2D eigenvalue weighted by Gasteiger charge is -2.42. The summed E-state index contributed by atoms with van der Waals surface area (Å²) in [7, 11) is -3.92. The molecule has 1 aliphatic rings. The van der Waals surface area contributed by atoms with Crippen molar-refractivity contribution in [3.63, 3.8) is 0 Å². The van der Waals surface area contributed by atoms with Crippen LogP contribution in [0.1, 0.15) is 31.0 Å². The van der Waals surface area contributed by atoms with Gasteiger partial charge in [-0.25, -0.2) is 17.6 Å². The number of benzene rings is 3. The van der Waals surface area contributed by atoms with Crippen LogP contribution in [0.4, 0.5) is 20.6 Å². The number of sulfonamides is 1. The summed E-state index contributed by atoms with van der Waals surface area (Å²) in [6, 6.07) is 16.5. The van der Waals surface area contributed by atoms with Gasteiger partial charge in [-0.05, 0) is 71.5 Å². The van der Waals surface area contributed by atoms with E-state index in [4.69, 9.17) is 9.84 Å². The molecule has 0 spiro atoms. The van der Waals surface area contributed by atoms with Crippen LogP contribution in [0.15, 0.2) is 71.6 Å². The first kappa shape index (κ1) is 22.6. The summed E-state index contributed by atoms with van der Waals surface area (Å²) in [4.78, 5) is 10.8. The molecule has 0 saturated carbocycles. The van der Waals surface area contributed by atoms with Gasteiger partial charge in [0.05, 0.1) is 16.6 Å². The number of ether oxygens (including phenoxy) is 1. The first-order chi connectivity index (χ1) is 15.5. The topological polar surface area (TPSA) is 105 Å². The van der Waals surface area contributed by atoms with Gasteiger partial charge in [-0.1, -0.05) is 32.0 Å². The van der Waals surface area contributed by atoms with Crippen LogP contribution >= 0.6 is 0 Å². The molecule has 33 heavy (non-hydrogen) atoms. The fourth-order valence-corrected chi connectivity index (χ4v) is 5.21. The van der Waals surface area contributed by atoms with Crippen molar-refractivity contribution >= 4 is 27.6 Å². The van der Waals surface area contributed by atoms with Gasteiger partial charge in [0.2, 0.25) is 0 Å². The minimum atomic E-state index is -3.92. The first-order valence-electron chi connectivity index (χ1n) is 10.2. The molecule has 0 fully saturated rings. The van der Waals surface area contributed by atoms with Crippen LogP contribution in [0.2, 0.25) is 0 Å². The van der Waals surface area contributed by atoms with Gasteiger partial charge in [-0.2, -0.15) is 0 Å². The smallest absolute Gasteiger partial charge is 0.449 e. The molecule has 0 saturated heterocycles. The predicted octanol–water partition coefficient (Wildman–Crippen LogP) is 5.42. The Morgan fingerprint density at radius 3 is 2.52 bits per heavy atom. The number of fused-ring (bicyclic) bond motifs is 1. The van der Waals surface area contributed by atoms with Crippen LogP contribution in [0.25, 0.3) is 0 Å². The van der Waals surface area contributed by atoms with E-state index in [-0.39, 0.29) is 22.1 Å². The van der Waals surface area contributed by atoms with E-state index in [0.29, 0.717) is 12.1 Å². The van der Waals surface area contributed by atoms with Crippen molar-refractivity contribution in [1.29, 1.82) is 0 Å². The zero-order valence-corrected chi connectivity index (χ0v) is 18.8. The molecular formula is C24H23FN2O5S. The third kappa shape index (κ3) is 4.78. The lowest BCUT2D eigenvalue weighted by atomic mass is 9.72. The van der Waals surface area contributed by atoms with Crippen molar-refractivity contribution < 1.29 is 27.4 Å². The number of rotatable bonds is 5. The van der Waals surface area contributed by atoms with E-state index in [2.05, 4.69) is 10.0 Å². The molecule has 1 heterocycles. The number of hydrogen-bond donors (Lipinski definition) is 3. The summed E-state index contributed by atoms with van der Waals surface area (Å²) in [5.41, 5.74) is 2.53. The molecule has 3 N–H and O–H groups in total. The van der Waals surface area contributed by atoms with Gasteiger partial charge in [0.25, 0.3) is 10.0 Å². The van der Waals surface area contributed by atoms with Crippen LogP contribution in [0.5, 0.6) is 5.75 Å². The Balaban J connectivity index is 1.67. The van der Waals surface area contributed by atoms with Crippen molar-refractivity contribution in [3.8, 4) is 5.75 Å². The molecule has 172 valence electrons. The number of carboxylic acid groups (broad SMARTS) is 1. The van der Waals surface area contributed by atoms with Crippen LogP contribution in [-0.4, -0.2) is 19.7 Å². The van der Waals surface area contributed by atoms with Crippen LogP contribution in [-0.2, 0) is 16.4 Å². The molecule has 3 aromatic carbocycles. The second-order valence-corrected chi connectivity index (χ2v) is 10.3. The number of para-hydroxylation sites is 1. The average Bonchev–Trinajstić information content (AvgIpc) is 2.73. The highest BCUT2D eigenvalue weighted by Gasteiger charge is 2.37. The van der Waals surface area contributed by atoms with E-state index in [1.807, 2.05) is 26.0 Å². The number of carbonyl (C=O) groups is 1. The monoisotopic (exact) mass is 470 g/mol. The molecule has 0 aliphatic carbocycles. The average molecular weight is 471 g/mol. The van der Waals surface area contributed by atoms with Crippen molar-refractivity contribution in [3.05, 3.63) is 83.7 Å². The summed E-state index contributed by atoms with van der Waals surface area (Å²) in [5.74, 6) is -0.275. The molecule has 0 aromatic heterocycles. The van der Waals surface area contributed by atoms with Crippen molar-refractivity contribution in [2.75, 3.05) is 10.0 Å². The normalized spacial score (nSPS) is 16.9. The largest absolute Gasteiger partial charge is 0.511 e. The van der Waals surface area contributed by atoms with Gasteiger partial charge < -0.3 is 15.2 Å².